The van der Waals surface area contributed by atoms with Gasteiger partial charge >= 0.3 is 11.7 Å². The number of pyridine rings is 1. The predicted octanol–water partition coefficient (Wildman–Crippen LogP) is 1.56. The summed E-state index contributed by atoms with van der Waals surface area (Å²) in [6.45, 7) is 1.19. The second-order valence-corrected chi connectivity index (χ2v) is 6.30. The summed E-state index contributed by atoms with van der Waals surface area (Å²) < 4.78 is 12.6. The van der Waals surface area contributed by atoms with Gasteiger partial charge in [0.05, 0.1) is 5.69 Å². The highest BCUT2D eigenvalue weighted by Gasteiger charge is 2.14. The summed E-state index contributed by atoms with van der Waals surface area (Å²) in [6, 6.07) is 15.4. The van der Waals surface area contributed by atoms with Gasteiger partial charge in [0, 0.05) is 17.3 Å². The third kappa shape index (κ3) is 3.84. The maximum absolute atomic E-state index is 12.3. The first-order valence-electron chi connectivity index (χ1n) is 8.78. The zero-order chi connectivity index (χ0) is 20.4. The molecule has 0 radical (unpaired) electrons. The Morgan fingerprint density at radius 2 is 1.90 bits per heavy atom. The van der Waals surface area contributed by atoms with Gasteiger partial charge in [-0.15, -0.1) is 5.10 Å². The molecule has 9 nitrogen and oxygen atoms in total. The van der Waals surface area contributed by atoms with E-state index >= 15 is 0 Å². The zero-order valence-electron chi connectivity index (χ0n) is 15.4. The van der Waals surface area contributed by atoms with Gasteiger partial charge in [-0.1, -0.05) is 24.3 Å². The fourth-order valence-corrected chi connectivity index (χ4v) is 2.86. The number of aromatic nitrogens is 4. The van der Waals surface area contributed by atoms with Crippen LogP contribution in [0.3, 0.4) is 0 Å². The van der Waals surface area contributed by atoms with Crippen molar-refractivity contribution in [1.82, 2.24) is 19.2 Å². The van der Waals surface area contributed by atoms with E-state index in [0.29, 0.717) is 16.9 Å². The Kier molecular flexibility index (Phi) is 4.78. The van der Waals surface area contributed by atoms with Crippen molar-refractivity contribution in [2.45, 2.75) is 20.1 Å². The van der Waals surface area contributed by atoms with Crippen LogP contribution in [0.5, 0.6) is 0 Å². The van der Waals surface area contributed by atoms with E-state index in [-0.39, 0.29) is 18.1 Å². The summed E-state index contributed by atoms with van der Waals surface area (Å²) in [5.41, 5.74) is 1.88. The molecule has 0 fully saturated rings. The van der Waals surface area contributed by atoms with Crippen LogP contribution in [0.2, 0.25) is 0 Å². The normalized spacial score (nSPS) is 10.9. The SMILES string of the molecule is Cc1cccc2nc(COC(=O)Cn3nc(-c4ccccc4)oc3=O)cc(=O)n12. The first kappa shape index (κ1) is 18.4. The topological polar surface area (TPSA) is 109 Å². The molecule has 146 valence electrons. The fraction of sp³-hybridized carbons (Fsp3) is 0.150. The molecule has 29 heavy (non-hydrogen) atoms. The van der Waals surface area contributed by atoms with Crippen molar-refractivity contribution in [3.63, 3.8) is 0 Å². The maximum atomic E-state index is 12.3. The molecule has 0 aliphatic carbocycles. The molecule has 0 saturated carbocycles. The van der Waals surface area contributed by atoms with E-state index in [9.17, 15) is 14.4 Å². The molecule has 0 aliphatic rings. The van der Waals surface area contributed by atoms with Crippen LogP contribution in [0.1, 0.15) is 11.4 Å². The van der Waals surface area contributed by atoms with Gasteiger partial charge < -0.3 is 9.15 Å². The standard InChI is InChI=1S/C20H16N4O5/c1-13-6-5-9-16-21-15(10-17(25)24(13)16)12-28-18(26)11-23-20(27)29-19(22-23)14-7-3-2-4-8-14/h2-10H,11-12H2,1H3. The number of fused-ring (bicyclic) bond motifs is 1. The van der Waals surface area contributed by atoms with E-state index in [0.717, 1.165) is 10.4 Å². The lowest BCUT2D eigenvalue weighted by Gasteiger charge is -2.07. The van der Waals surface area contributed by atoms with Crippen molar-refractivity contribution in [2.75, 3.05) is 0 Å². The number of nitrogens with zero attached hydrogens (tertiary/aromatic N) is 4. The van der Waals surface area contributed by atoms with Gasteiger partial charge in [0.15, 0.2) is 0 Å². The number of aryl methyl sites for hydroxylation is 1. The van der Waals surface area contributed by atoms with Gasteiger partial charge in [-0.25, -0.2) is 9.78 Å². The largest absolute Gasteiger partial charge is 0.458 e. The minimum Gasteiger partial charge on any atom is -0.458 e. The lowest BCUT2D eigenvalue weighted by Crippen LogP contribution is -2.23. The van der Waals surface area contributed by atoms with E-state index < -0.39 is 18.3 Å². The van der Waals surface area contributed by atoms with Crippen molar-refractivity contribution < 1.29 is 13.9 Å². The Bertz CT molecular complexity index is 1300. The lowest BCUT2D eigenvalue weighted by molar-refractivity contribution is -0.146. The molecule has 3 heterocycles. The summed E-state index contributed by atoms with van der Waals surface area (Å²) in [5.74, 6) is -1.35. The van der Waals surface area contributed by atoms with Crippen LogP contribution in [-0.4, -0.2) is 25.1 Å². The smallest absolute Gasteiger partial charge is 0.437 e. The predicted molar refractivity (Wildman–Crippen MR) is 102 cm³/mol. The molecule has 0 unspecified atom stereocenters. The second-order valence-electron chi connectivity index (χ2n) is 6.30. The van der Waals surface area contributed by atoms with Crippen molar-refractivity contribution in [2.24, 2.45) is 0 Å². The van der Waals surface area contributed by atoms with Crippen molar-refractivity contribution in [3.8, 4) is 11.5 Å². The van der Waals surface area contributed by atoms with Crippen LogP contribution in [-0.2, 0) is 22.7 Å². The molecule has 1 aromatic carbocycles. The lowest BCUT2D eigenvalue weighted by atomic mass is 10.2. The third-order valence-electron chi connectivity index (χ3n) is 4.22. The number of ether oxygens (including phenoxy) is 1. The minimum absolute atomic E-state index is 0.114. The van der Waals surface area contributed by atoms with Crippen molar-refractivity contribution in [3.05, 3.63) is 86.9 Å². The van der Waals surface area contributed by atoms with Gasteiger partial charge in [-0.2, -0.15) is 4.68 Å². The molecule has 0 saturated heterocycles. The molecule has 4 aromatic rings. The van der Waals surface area contributed by atoms with E-state index in [1.54, 1.807) is 49.4 Å². The Balaban J connectivity index is 1.46. The molecule has 4 rings (SSSR count). The van der Waals surface area contributed by atoms with E-state index in [4.69, 9.17) is 9.15 Å². The number of carbonyl (C=O) groups excluding carboxylic acids is 1. The average Bonchev–Trinajstić information content (AvgIpc) is 3.07. The third-order valence-corrected chi connectivity index (χ3v) is 4.22. The maximum Gasteiger partial charge on any atom is 0.437 e. The summed E-state index contributed by atoms with van der Waals surface area (Å²) in [6.07, 6.45) is 0. The van der Waals surface area contributed by atoms with Crippen molar-refractivity contribution >= 4 is 11.6 Å². The van der Waals surface area contributed by atoms with Crippen LogP contribution >= 0.6 is 0 Å². The first-order valence-corrected chi connectivity index (χ1v) is 8.78. The highest BCUT2D eigenvalue weighted by atomic mass is 16.5. The summed E-state index contributed by atoms with van der Waals surface area (Å²) in [5, 5.41) is 4.01. The molecule has 0 amide bonds. The Labute approximate surface area is 163 Å². The van der Waals surface area contributed by atoms with Gasteiger partial charge in [-0.3, -0.25) is 14.0 Å². The number of carbonyl (C=O) groups is 1. The first-order chi connectivity index (χ1) is 14.0. The molecule has 0 aliphatic heterocycles. The van der Waals surface area contributed by atoms with E-state index in [1.165, 1.54) is 10.5 Å². The highest BCUT2D eigenvalue weighted by molar-refractivity contribution is 5.69. The summed E-state index contributed by atoms with van der Waals surface area (Å²) in [4.78, 5) is 40.6. The van der Waals surface area contributed by atoms with E-state index in [1.807, 2.05) is 6.07 Å². The van der Waals surface area contributed by atoms with Crippen LogP contribution in [0.15, 0.2) is 68.6 Å². The number of benzene rings is 1. The Morgan fingerprint density at radius 3 is 2.69 bits per heavy atom. The van der Waals surface area contributed by atoms with Crippen LogP contribution in [0, 0.1) is 6.92 Å². The molecule has 9 heteroatoms. The Morgan fingerprint density at radius 1 is 1.10 bits per heavy atom. The minimum atomic E-state index is -0.765. The highest BCUT2D eigenvalue weighted by Crippen LogP contribution is 2.14. The van der Waals surface area contributed by atoms with Crippen LogP contribution in [0.25, 0.3) is 17.1 Å². The second kappa shape index (κ2) is 7.55. The molecule has 0 N–H and O–H groups in total. The molecule has 0 spiro atoms. The fourth-order valence-electron chi connectivity index (χ4n) is 2.86. The van der Waals surface area contributed by atoms with Gasteiger partial charge in [0.1, 0.15) is 18.8 Å². The van der Waals surface area contributed by atoms with E-state index in [2.05, 4.69) is 10.1 Å². The van der Waals surface area contributed by atoms with Gasteiger partial charge in [0.2, 0.25) is 5.89 Å². The Hall–Kier alpha value is -4.01. The molecule has 0 bridgehead atoms. The molecular formula is C20H16N4O5. The van der Waals surface area contributed by atoms with Gasteiger partial charge in [0.25, 0.3) is 5.56 Å². The monoisotopic (exact) mass is 392 g/mol. The van der Waals surface area contributed by atoms with Gasteiger partial charge in [-0.05, 0) is 31.2 Å². The summed E-state index contributed by atoms with van der Waals surface area (Å²) >= 11 is 0. The quantitative estimate of drug-likeness (QED) is 0.474. The van der Waals surface area contributed by atoms with Crippen molar-refractivity contribution in [1.29, 1.82) is 0 Å². The molecular weight excluding hydrogens is 376 g/mol. The zero-order valence-corrected chi connectivity index (χ0v) is 15.4. The van der Waals surface area contributed by atoms with Crippen LogP contribution in [0.4, 0.5) is 0 Å². The molecule has 3 aromatic heterocycles. The number of esters is 1. The summed E-state index contributed by atoms with van der Waals surface area (Å²) in [7, 11) is 0. The van der Waals surface area contributed by atoms with Crippen LogP contribution < -0.4 is 11.3 Å². The number of hydrogen-bond acceptors (Lipinski definition) is 7. The number of hydrogen-bond donors (Lipinski definition) is 0. The average molecular weight is 392 g/mol. The number of rotatable bonds is 5. The molecule has 0 atom stereocenters.